The summed E-state index contributed by atoms with van der Waals surface area (Å²) in [5, 5.41) is 2.50. The first-order valence-corrected chi connectivity index (χ1v) is 5.67. The molecule has 92 valence electrons. The molecular formula is C11H19NO4. The lowest BCUT2D eigenvalue weighted by atomic mass is 10.0. The summed E-state index contributed by atoms with van der Waals surface area (Å²) in [6.45, 7) is 0.745. The van der Waals surface area contributed by atoms with Crippen molar-refractivity contribution in [1.82, 2.24) is 5.32 Å². The van der Waals surface area contributed by atoms with Crippen LogP contribution in [-0.4, -0.2) is 38.2 Å². The third-order valence-electron chi connectivity index (χ3n) is 2.62. The molecule has 16 heavy (non-hydrogen) atoms. The summed E-state index contributed by atoms with van der Waals surface area (Å²) in [6.07, 6.45) is 4.66. The van der Waals surface area contributed by atoms with Crippen molar-refractivity contribution in [3.8, 4) is 0 Å². The van der Waals surface area contributed by atoms with E-state index in [-0.39, 0.29) is 18.6 Å². The predicted molar refractivity (Wildman–Crippen MR) is 57.9 cm³/mol. The van der Waals surface area contributed by atoms with Gasteiger partial charge in [-0.25, -0.2) is 0 Å². The van der Waals surface area contributed by atoms with E-state index < -0.39 is 5.97 Å². The number of rotatable bonds is 5. The van der Waals surface area contributed by atoms with E-state index in [0.29, 0.717) is 6.42 Å². The third-order valence-corrected chi connectivity index (χ3v) is 2.62. The molecule has 1 rings (SSSR count). The summed E-state index contributed by atoms with van der Waals surface area (Å²) in [6, 6.07) is 0. The predicted octanol–water partition coefficient (Wildman–Crippen LogP) is 0.625. The molecule has 1 aliphatic rings. The van der Waals surface area contributed by atoms with Crippen LogP contribution in [0, 0.1) is 0 Å². The minimum Gasteiger partial charge on any atom is -0.468 e. The van der Waals surface area contributed by atoms with Gasteiger partial charge in [0, 0.05) is 13.0 Å². The van der Waals surface area contributed by atoms with E-state index in [1.54, 1.807) is 0 Å². The minimum absolute atomic E-state index is 0.0547. The van der Waals surface area contributed by atoms with E-state index >= 15 is 0 Å². The van der Waals surface area contributed by atoms with E-state index in [4.69, 9.17) is 4.74 Å². The van der Waals surface area contributed by atoms with Gasteiger partial charge in [0.2, 0.25) is 5.91 Å². The standard InChI is InChI=1S/C11H19NO4/c1-15-11(14)8-12-10(13)6-5-9-4-2-3-7-16-9/h9H,2-8H2,1H3,(H,12,13). The van der Waals surface area contributed by atoms with Crippen LogP contribution in [0.1, 0.15) is 32.1 Å². The van der Waals surface area contributed by atoms with E-state index in [2.05, 4.69) is 10.1 Å². The molecule has 0 aromatic carbocycles. The molecule has 5 nitrogen and oxygen atoms in total. The van der Waals surface area contributed by atoms with Crippen LogP contribution >= 0.6 is 0 Å². The molecule has 1 heterocycles. The second kappa shape index (κ2) is 7.22. The summed E-state index contributed by atoms with van der Waals surface area (Å²) in [5.41, 5.74) is 0. The SMILES string of the molecule is COC(=O)CNC(=O)CCC1CCCCO1. The summed E-state index contributed by atoms with van der Waals surface area (Å²) >= 11 is 0. The highest BCUT2D eigenvalue weighted by Crippen LogP contribution is 2.16. The van der Waals surface area contributed by atoms with Crippen molar-refractivity contribution >= 4 is 11.9 Å². The van der Waals surface area contributed by atoms with Crippen molar-refractivity contribution in [3.05, 3.63) is 0 Å². The molecular weight excluding hydrogens is 210 g/mol. The zero-order chi connectivity index (χ0) is 11.8. The molecule has 1 unspecified atom stereocenters. The zero-order valence-corrected chi connectivity index (χ0v) is 9.66. The molecule has 1 amide bonds. The number of ether oxygens (including phenoxy) is 2. The zero-order valence-electron chi connectivity index (χ0n) is 9.66. The van der Waals surface area contributed by atoms with E-state index in [0.717, 1.165) is 25.9 Å². The lowest BCUT2D eigenvalue weighted by Crippen LogP contribution is -2.31. The van der Waals surface area contributed by atoms with Gasteiger partial charge in [-0.05, 0) is 25.7 Å². The molecule has 0 aromatic rings. The molecule has 1 aliphatic heterocycles. The van der Waals surface area contributed by atoms with Crippen molar-refractivity contribution < 1.29 is 19.1 Å². The van der Waals surface area contributed by atoms with Gasteiger partial charge in [-0.2, -0.15) is 0 Å². The van der Waals surface area contributed by atoms with E-state index in [9.17, 15) is 9.59 Å². The Hall–Kier alpha value is -1.10. The van der Waals surface area contributed by atoms with Crippen LogP contribution in [0.2, 0.25) is 0 Å². The topological polar surface area (TPSA) is 64.6 Å². The van der Waals surface area contributed by atoms with Crippen LogP contribution in [0.3, 0.4) is 0 Å². The highest BCUT2D eigenvalue weighted by molar-refractivity contribution is 5.81. The third kappa shape index (κ3) is 5.11. The molecule has 0 spiro atoms. The second-order valence-corrected chi connectivity index (χ2v) is 3.88. The highest BCUT2D eigenvalue weighted by atomic mass is 16.5. The molecule has 0 radical (unpaired) electrons. The minimum atomic E-state index is -0.428. The molecule has 1 atom stereocenters. The molecule has 0 bridgehead atoms. The fourth-order valence-corrected chi connectivity index (χ4v) is 1.66. The molecule has 1 fully saturated rings. The first-order chi connectivity index (χ1) is 7.72. The Morgan fingerprint density at radius 1 is 1.44 bits per heavy atom. The van der Waals surface area contributed by atoms with Gasteiger partial charge >= 0.3 is 5.97 Å². The first-order valence-electron chi connectivity index (χ1n) is 5.67. The number of nitrogens with one attached hydrogen (secondary N) is 1. The Balaban J connectivity index is 2.07. The second-order valence-electron chi connectivity index (χ2n) is 3.88. The van der Waals surface area contributed by atoms with Gasteiger partial charge in [-0.3, -0.25) is 9.59 Å². The van der Waals surface area contributed by atoms with Crippen molar-refractivity contribution in [3.63, 3.8) is 0 Å². The average Bonchev–Trinajstić information content (AvgIpc) is 2.34. The van der Waals surface area contributed by atoms with Crippen molar-refractivity contribution in [1.29, 1.82) is 0 Å². The average molecular weight is 229 g/mol. The Labute approximate surface area is 95.5 Å². The smallest absolute Gasteiger partial charge is 0.325 e. The van der Waals surface area contributed by atoms with Crippen molar-refractivity contribution in [2.75, 3.05) is 20.3 Å². The number of methoxy groups -OCH3 is 1. The number of esters is 1. The maximum atomic E-state index is 11.3. The molecule has 0 saturated carbocycles. The molecule has 0 aliphatic carbocycles. The van der Waals surface area contributed by atoms with Gasteiger partial charge < -0.3 is 14.8 Å². The molecule has 0 aromatic heterocycles. The number of amides is 1. The normalized spacial score (nSPS) is 20.2. The van der Waals surface area contributed by atoms with E-state index in [1.807, 2.05) is 0 Å². The van der Waals surface area contributed by atoms with Crippen LogP contribution in [0.4, 0.5) is 0 Å². The van der Waals surface area contributed by atoms with Gasteiger partial charge in [0.05, 0.1) is 13.2 Å². The van der Waals surface area contributed by atoms with Gasteiger partial charge in [0.15, 0.2) is 0 Å². The summed E-state index contributed by atoms with van der Waals surface area (Å²) in [7, 11) is 1.30. The largest absolute Gasteiger partial charge is 0.468 e. The Bertz CT molecular complexity index is 236. The summed E-state index contributed by atoms with van der Waals surface area (Å²) < 4.78 is 9.92. The number of carbonyl (C=O) groups excluding carboxylic acids is 2. The van der Waals surface area contributed by atoms with Crippen LogP contribution in [0.25, 0.3) is 0 Å². The fourth-order valence-electron chi connectivity index (χ4n) is 1.66. The number of carbonyl (C=O) groups is 2. The molecule has 1 N–H and O–H groups in total. The van der Waals surface area contributed by atoms with Crippen LogP contribution in [-0.2, 0) is 19.1 Å². The van der Waals surface area contributed by atoms with Crippen LogP contribution in [0.5, 0.6) is 0 Å². The van der Waals surface area contributed by atoms with E-state index in [1.165, 1.54) is 13.5 Å². The summed E-state index contributed by atoms with van der Waals surface area (Å²) in [5.74, 6) is -0.554. The Kier molecular flexibility index (Phi) is 5.85. The lowest BCUT2D eigenvalue weighted by Gasteiger charge is -2.22. The summed E-state index contributed by atoms with van der Waals surface area (Å²) in [4.78, 5) is 22.1. The Morgan fingerprint density at radius 3 is 2.88 bits per heavy atom. The monoisotopic (exact) mass is 229 g/mol. The van der Waals surface area contributed by atoms with Crippen LogP contribution in [0.15, 0.2) is 0 Å². The maximum Gasteiger partial charge on any atom is 0.325 e. The van der Waals surface area contributed by atoms with Crippen molar-refractivity contribution in [2.45, 2.75) is 38.2 Å². The van der Waals surface area contributed by atoms with Gasteiger partial charge in [0.1, 0.15) is 6.54 Å². The van der Waals surface area contributed by atoms with Crippen molar-refractivity contribution in [2.24, 2.45) is 0 Å². The Morgan fingerprint density at radius 2 is 2.25 bits per heavy atom. The fraction of sp³-hybridized carbons (Fsp3) is 0.818. The molecule has 1 saturated heterocycles. The number of hydrogen-bond donors (Lipinski definition) is 1. The van der Waals surface area contributed by atoms with Gasteiger partial charge in [0.25, 0.3) is 0 Å². The quantitative estimate of drug-likeness (QED) is 0.702. The highest BCUT2D eigenvalue weighted by Gasteiger charge is 2.15. The van der Waals surface area contributed by atoms with Gasteiger partial charge in [-0.1, -0.05) is 0 Å². The van der Waals surface area contributed by atoms with Crippen LogP contribution < -0.4 is 5.32 Å². The lowest BCUT2D eigenvalue weighted by molar-refractivity contribution is -0.141. The molecule has 5 heteroatoms. The first kappa shape index (κ1) is 13.0. The number of hydrogen-bond acceptors (Lipinski definition) is 4. The maximum absolute atomic E-state index is 11.3. The van der Waals surface area contributed by atoms with Gasteiger partial charge in [-0.15, -0.1) is 0 Å².